The zero-order chi connectivity index (χ0) is 22.1. The first kappa shape index (κ1) is 30.0. The first-order valence-electron chi connectivity index (χ1n) is 14.5. The zero-order valence-electron chi connectivity index (χ0n) is 21.8. The molecule has 0 aromatic heterocycles. The topological polar surface area (TPSA) is 0 Å². The van der Waals surface area contributed by atoms with E-state index in [1.54, 1.807) is 0 Å². The van der Waals surface area contributed by atoms with Gasteiger partial charge in [-0.05, 0) is 11.8 Å². The van der Waals surface area contributed by atoms with Crippen LogP contribution in [-0.4, -0.2) is 0 Å². The molecule has 0 heteroatoms. The monoisotopic (exact) mass is 421 g/mol. The third-order valence-corrected chi connectivity index (χ3v) is 7.22. The van der Waals surface area contributed by atoms with E-state index in [4.69, 9.17) is 0 Å². The summed E-state index contributed by atoms with van der Waals surface area (Å²) in [6, 6.07) is 0. The van der Waals surface area contributed by atoms with Crippen molar-refractivity contribution in [2.45, 2.75) is 175 Å². The molecule has 0 N–H and O–H groups in total. The maximum atomic E-state index is 4.42. The molecule has 0 amide bonds. The van der Waals surface area contributed by atoms with Crippen LogP contribution in [0.3, 0.4) is 0 Å². The predicted molar refractivity (Wildman–Crippen MR) is 140 cm³/mol. The molecule has 0 nitrogen and oxygen atoms in total. The second kappa shape index (κ2) is 25.3. The Morgan fingerprint density at radius 1 is 0.433 bits per heavy atom. The Balaban J connectivity index is 3.16. The zero-order valence-corrected chi connectivity index (χ0v) is 21.8. The van der Waals surface area contributed by atoms with Gasteiger partial charge in [0.25, 0.3) is 0 Å². The largest absolute Gasteiger partial charge is 0.0654 e. The molecule has 0 rings (SSSR count). The highest BCUT2D eigenvalue weighted by Crippen LogP contribution is 2.19. The molecule has 0 bridgehead atoms. The van der Waals surface area contributed by atoms with Gasteiger partial charge in [0.1, 0.15) is 0 Å². The molecule has 0 heterocycles. The Morgan fingerprint density at radius 3 is 1.07 bits per heavy atom. The van der Waals surface area contributed by atoms with E-state index in [0.717, 1.165) is 5.92 Å². The molecular formula is C30H61. The van der Waals surface area contributed by atoms with Crippen LogP contribution in [0.15, 0.2) is 0 Å². The van der Waals surface area contributed by atoms with Gasteiger partial charge < -0.3 is 0 Å². The van der Waals surface area contributed by atoms with Crippen molar-refractivity contribution in [2.75, 3.05) is 0 Å². The fourth-order valence-electron chi connectivity index (χ4n) is 4.61. The molecular weight excluding hydrogens is 360 g/mol. The van der Waals surface area contributed by atoms with E-state index in [1.165, 1.54) is 154 Å². The molecule has 0 aliphatic heterocycles. The van der Waals surface area contributed by atoms with Crippen LogP contribution < -0.4 is 0 Å². The molecule has 0 aliphatic rings. The number of hydrogen-bond donors (Lipinski definition) is 0. The van der Waals surface area contributed by atoms with Crippen LogP contribution in [0.2, 0.25) is 0 Å². The van der Waals surface area contributed by atoms with Crippen LogP contribution >= 0.6 is 0 Å². The van der Waals surface area contributed by atoms with E-state index >= 15 is 0 Å². The van der Waals surface area contributed by atoms with E-state index in [-0.39, 0.29) is 0 Å². The summed E-state index contributed by atoms with van der Waals surface area (Å²) in [6.45, 7) is 11.4. The summed E-state index contributed by atoms with van der Waals surface area (Å²) in [7, 11) is 0. The number of hydrogen-bond acceptors (Lipinski definition) is 0. The lowest BCUT2D eigenvalue weighted by molar-refractivity contribution is 0.454. The van der Waals surface area contributed by atoms with Crippen molar-refractivity contribution in [1.29, 1.82) is 0 Å². The third-order valence-electron chi connectivity index (χ3n) is 7.22. The summed E-state index contributed by atoms with van der Waals surface area (Å²) in [5.41, 5.74) is 0. The second-order valence-electron chi connectivity index (χ2n) is 10.5. The molecule has 0 fully saturated rings. The number of rotatable bonds is 25. The summed E-state index contributed by atoms with van der Waals surface area (Å²) in [4.78, 5) is 0. The van der Waals surface area contributed by atoms with Crippen molar-refractivity contribution < 1.29 is 0 Å². The lowest BCUT2D eigenvalue weighted by Gasteiger charge is -2.11. The van der Waals surface area contributed by atoms with E-state index in [2.05, 4.69) is 27.7 Å². The summed E-state index contributed by atoms with van der Waals surface area (Å²) in [5, 5.41) is 0. The van der Waals surface area contributed by atoms with E-state index in [1.807, 2.05) is 0 Å². The summed E-state index contributed by atoms with van der Waals surface area (Å²) >= 11 is 0. The molecule has 0 saturated carbocycles. The van der Waals surface area contributed by atoms with Gasteiger partial charge in [-0.1, -0.05) is 182 Å². The highest BCUT2D eigenvalue weighted by atomic mass is 14.1. The molecule has 2 unspecified atom stereocenters. The maximum Gasteiger partial charge on any atom is -0.0414 e. The normalized spacial score (nSPS) is 13.6. The molecule has 181 valence electrons. The highest BCUT2D eigenvalue weighted by molar-refractivity contribution is 4.62. The lowest BCUT2D eigenvalue weighted by Crippen LogP contribution is -1.95. The standard InChI is InChI=1S/C30H61/c1-5-7-8-9-10-11-12-13-14-18-21-24-27-30(4)28-25-22-19-16-15-17-20-23-26-29(3)6-2/h29-30H,4-28H2,1-3H3. The van der Waals surface area contributed by atoms with Crippen molar-refractivity contribution in [3.63, 3.8) is 0 Å². The van der Waals surface area contributed by atoms with Gasteiger partial charge in [-0.2, -0.15) is 0 Å². The van der Waals surface area contributed by atoms with Gasteiger partial charge >= 0.3 is 0 Å². The van der Waals surface area contributed by atoms with Gasteiger partial charge in [0.05, 0.1) is 0 Å². The van der Waals surface area contributed by atoms with Crippen molar-refractivity contribution in [3.05, 3.63) is 6.92 Å². The van der Waals surface area contributed by atoms with Gasteiger partial charge in [-0.15, -0.1) is 0 Å². The summed E-state index contributed by atoms with van der Waals surface area (Å²) < 4.78 is 0. The highest BCUT2D eigenvalue weighted by Gasteiger charge is 2.03. The number of unbranched alkanes of at least 4 members (excludes halogenated alkanes) is 18. The van der Waals surface area contributed by atoms with E-state index in [9.17, 15) is 0 Å². The first-order chi connectivity index (χ1) is 14.7. The van der Waals surface area contributed by atoms with Gasteiger partial charge in [-0.3, -0.25) is 0 Å². The molecule has 2 atom stereocenters. The van der Waals surface area contributed by atoms with Gasteiger partial charge in [0.15, 0.2) is 0 Å². The molecule has 0 aliphatic carbocycles. The molecule has 30 heavy (non-hydrogen) atoms. The van der Waals surface area contributed by atoms with E-state index < -0.39 is 0 Å². The first-order valence-corrected chi connectivity index (χ1v) is 14.5. The fraction of sp³-hybridized carbons (Fsp3) is 0.967. The predicted octanol–water partition coefficient (Wildman–Crippen LogP) is 11.5. The minimum absolute atomic E-state index is 0.716. The Bertz CT molecular complexity index is 294. The summed E-state index contributed by atoms with van der Waals surface area (Å²) in [6.07, 6.45) is 34.6. The fourth-order valence-corrected chi connectivity index (χ4v) is 4.61. The molecule has 0 saturated heterocycles. The quantitative estimate of drug-likeness (QED) is 0.128. The molecule has 0 spiro atoms. The lowest BCUT2D eigenvalue weighted by atomic mass is 9.95. The summed E-state index contributed by atoms with van der Waals surface area (Å²) in [5.74, 6) is 1.66. The third kappa shape index (κ3) is 24.3. The minimum Gasteiger partial charge on any atom is -0.0654 e. The van der Waals surface area contributed by atoms with Crippen LogP contribution in [-0.2, 0) is 0 Å². The SMILES string of the molecule is [CH2]C(CCCCCCCCCCCCCC)CCCCCCCCCCC(C)CC. The van der Waals surface area contributed by atoms with E-state index in [0.29, 0.717) is 5.92 Å². The van der Waals surface area contributed by atoms with Crippen molar-refractivity contribution in [2.24, 2.45) is 11.8 Å². The Hall–Kier alpha value is 0. The maximum absolute atomic E-state index is 4.42. The Morgan fingerprint density at radius 2 is 0.733 bits per heavy atom. The average molecular weight is 422 g/mol. The smallest absolute Gasteiger partial charge is 0.0414 e. The van der Waals surface area contributed by atoms with Gasteiger partial charge in [0.2, 0.25) is 0 Å². The minimum atomic E-state index is 0.716. The van der Waals surface area contributed by atoms with Gasteiger partial charge in [0, 0.05) is 0 Å². The molecule has 0 aromatic carbocycles. The van der Waals surface area contributed by atoms with Crippen LogP contribution in [0, 0.1) is 18.8 Å². The van der Waals surface area contributed by atoms with Crippen LogP contribution in [0.1, 0.15) is 175 Å². The van der Waals surface area contributed by atoms with Crippen LogP contribution in [0.4, 0.5) is 0 Å². The average Bonchev–Trinajstić information content (AvgIpc) is 2.75. The molecule has 0 aromatic rings. The van der Waals surface area contributed by atoms with Gasteiger partial charge in [-0.25, -0.2) is 0 Å². The Labute approximate surface area is 193 Å². The van der Waals surface area contributed by atoms with Crippen molar-refractivity contribution in [3.8, 4) is 0 Å². The van der Waals surface area contributed by atoms with Crippen LogP contribution in [0.5, 0.6) is 0 Å². The van der Waals surface area contributed by atoms with Crippen molar-refractivity contribution >= 4 is 0 Å². The van der Waals surface area contributed by atoms with Crippen molar-refractivity contribution in [1.82, 2.24) is 0 Å². The van der Waals surface area contributed by atoms with Crippen LogP contribution in [0.25, 0.3) is 0 Å². The molecule has 1 radical (unpaired) electrons. The Kier molecular flexibility index (Phi) is 25.3. The second-order valence-corrected chi connectivity index (χ2v) is 10.5.